The zero-order chi connectivity index (χ0) is 14.5. The van der Waals surface area contributed by atoms with Crippen LogP contribution in [0.2, 0.25) is 0 Å². The highest BCUT2D eigenvalue weighted by atomic mass is 32.2. The van der Waals surface area contributed by atoms with Gasteiger partial charge in [-0.15, -0.1) is 11.8 Å². The van der Waals surface area contributed by atoms with Gasteiger partial charge in [-0.1, -0.05) is 44.4 Å². The molecule has 0 radical (unpaired) electrons. The topological polar surface area (TPSA) is 0 Å². The molecule has 0 heterocycles. The van der Waals surface area contributed by atoms with Crippen LogP contribution in [0.3, 0.4) is 0 Å². The van der Waals surface area contributed by atoms with Gasteiger partial charge < -0.3 is 0 Å². The summed E-state index contributed by atoms with van der Waals surface area (Å²) < 4.78 is 0. The highest BCUT2D eigenvalue weighted by Gasteiger charge is 2.30. The van der Waals surface area contributed by atoms with Crippen molar-refractivity contribution in [1.29, 1.82) is 0 Å². The number of hydrogen-bond donors (Lipinski definition) is 0. The second-order valence-electron chi connectivity index (χ2n) is 7.16. The molecule has 0 spiro atoms. The molecular weight excluding hydrogens is 367 g/mol. The van der Waals surface area contributed by atoms with Crippen molar-refractivity contribution < 1.29 is 23.5 Å². The van der Waals surface area contributed by atoms with Crippen molar-refractivity contribution in [2.75, 3.05) is 0 Å². The maximum atomic E-state index is 2.37. The van der Waals surface area contributed by atoms with Crippen molar-refractivity contribution in [2.45, 2.75) is 74.9 Å². The lowest BCUT2D eigenvalue weighted by atomic mass is 9.70. The molecule has 0 aliphatic heterocycles. The van der Waals surface area contributed by atoms with E-state index in [9.17, 15) is 0 Å². The normalized spacial score (nSPS) is 27.3. The Kier molecular flexibility index (Phi) is 17.6. The minimum Gasteiger partial charge on any atom is -0.269 e. The maximum Gasteiger partial charge on any atom is 0.00946 e. The van der Waals surface area contributed by atoms with E-state index in [0.717, 1.165) is 23.0 Å². The van der Waals surface area contributed by atoms with Gasteiger partial charge in [-0.2, -0.15) is 0 Å². The predicted octanol–water partition coefficient (Wildman–Crippen LogP) is 7.32. The van der Waals surface area contributed by atoms with Crippen molar-refractivity contribution in [3.8, 4) is 0 Å². The van der Waals surface area contributed by atoms with Crippen molar-refractivity contribution in [3.63, 3.8) is 0 Å². The number of thioether (sulfide) groups is 1. The number of hydrogen-bond acceptors (Lipinski definition) is 1. The Morgan fingerprint density at radius 1 is 0.692 bits per heavy atom. The lowest BCUT2D eigenvalue weighted by Gasteiger charge is -2.37. The average molecular weight is 403 g/mol. The molecule has 0 saturated heterocycles. The summed E-state index contributed by atoms with van der Waals surface area (Å²) in [6, 6.07) is 11.0. The fraction of sp³-hybridized carbons (Fsp3) is 0.700. The Balaban J connectivity index is -0.00000106. The van der Waals surface area contributed by atoms with Crippen LogP contribution in [-0.2, 0) is 0 Å². The summed E-state index contributed by atoms with van der Waals surface area (Å²) in [5, 5.41) is 0.871. The summed E-state index contributed by atoms with van der Waals surface area (Å²) >= 11 is 2.12. The molecule has 3 rings (SSSR count). The first kappa shape index (κ1) is 30.0. The van der Waals surface area contributed by atoms with E-state index in [1.807, 2.05) is 0 Å². The molecule has 0 bridgehead atoms. The average Bonchev–Trinajstić information content (AvgIpc) is 2.57. The largest absolute Gasteiger partial charge is 0.269 e. The first-order valence-electron chi connectivity index (χ1n) is 9.07. The monoisotopic (exact) mass is 402 g/mol. The molecule has 0 unspecified atom stereocenters. The molecule has 0 amide bonds. The van der Waals surface area contributed by atoms with Gasteiger partial charge >= 0.3 is 0 Å². The van der Waals surface area contributed by atoms with Crippen molar-refractivity contribution in [1.82, 2.24) is 0 Å². The van der Waals surface area contributed by atoms with Gasteiger partial charge in [0.15, 0.2) is 0 Å². The van der Waals surface area contributed by atoms with E-state index in [0.29, 0.717) is 0 Å². The minimum absolute atomic E-state index is 0. The molecule has 0 nitrogen and oxygen atoms in total. The first-order chi connectivity index (χ1) is 10.3. The van der Waals surface area contributed by atoms with Gasteiger partial charge in [0.25, 0.3) is 0 Å². The molecule has 26 heavy (non-hydrogen) atoms. The fourth-order valence-electron chi connectivity index (χ4n) is 4.44. The van der Waals surface area contributed by atoms with Crippen LogP contribution in [0.1, 0.15) is 64.7 Å². The lowest BCUT2D eigenvalue weighted by molar-refractivity contribution is 0.167. The third kappa shape index (κ3) is 8.28. The standard InChI is InChI=1S/C20H30S.5FH/c1-2-16-8-10-17(11-9-16)18-12-14-20(15-13-18)21-19-6-4-3-5-7-19;;;;;/h3-7,16-18,20H,2,8-15H2,1H3;5*1H. The van der Waals surface area contributed by atoms with Crippen molar-refractivity contribution in [3.05, 3.63) is 30.3 Å². The molecule has 2 aliphatic carbocycles. The van der Waals surface area contributed by atoms with Gasteiger partial charge in [0, 0.05) is 10.1 Å². The van der Waals surface area contributed by atoms with Crippen LogP contribution in [0.4, 0.5) is 23.5 Å². The van der Waals surface area contributed by atoms with Crippen LogP contribution in [0.25, 0.3) is 0 Å². The Morgan fingerprint density at radius 3 is 1.62 bits per heavy atom. The third-order valence-electron chi connectivity index (χ3n) is 5.90. The molecule has 2 saturated carbocycles. The first-order valence-corrected chi connectivity index (χ1v) is 9.94. The molecule has 1 aromatic carbocycles. The Labute approximate surface area is 158 Å². The third-order valence-corrected chi connectivity index (χ3v) is 7.25. The van der Waals surface area contributed by atoms with E-state index in [4.69, 9.17) is 0 Å². The molecule has 2 aliphatic rings. The molecule has 0 aromatic heterocycles. The summed E-state index contributed by atoms with van der Waals surface area (Å²) in [6.07, 6.45) is 13.4. The highest BCUT2D eigenvalue weighted by molar-refractivity contribution is 8.00. The van der Waals surface area contributed by atoms with E-state index in [1.165, 1.54) is 62.7 Å². The van der Waals surface area contributed by atoms with Crippen LogP contribution in [0.5, 0.6) is 0 Å². The second-order valence-corrected chi connectivity index (χ2v) is 8.53. The van der Waals surface area contributed by atoms with Gasteiger partial charge in [-0.05, 0) is 68.4 Å². The van der Waals surface area contributed by atoms with Crippen molar-refractivity contribution >= 4 is 11.8 Å². The quantitative estimate of drug-likeness (QED) is 0.476. The number of halogens is 5. The smallest absolute Gasteiger partial charge is 0.00946 e. The molecule has 156 valence electrons. The fourth-order valence-corrected chi connectivity index (χ4v) is 5.64. The Hall–Kier alpha value is -0.780. The van der Waals surface area contributed by atoms with Gasteiger partial charge in [-0.3, -0.25) is 23.5 Å². The molecule has 0 N–H and O–H groups in total. The predicted molar refractivity (Wildman–Crippen MR) is 106 cm³/mol. The molecule has 2 fully saturated rings. The number of benzene rings is 1. The maximum absolute atomic E-state index is 2.37. The van der Waals surface area contributed by atoms with Crippen LogP contribution in [0.15, 0.2) is 35.2 Å². The Bertz CT molecular complexity index is 415. The van der Waals surface area contributed by atoms with E-state index in [2.05, 4.69) is 49.0 Å². The van der Waals surface area contributed by atoms with Crippen LogP contribution >= 0.6 is 11.8 Å². The summed E-state index contributed by atoms with van der Waals surface area (Å²) in [6.45, 7) is 2.37. The zero-order valence-electron chi connectivity index (χ0n) is 15.5. The minimum atomic E-state index is 0. The summed E-state index contributed by atoms with van der Waals surface area (Å²) in [5.74, 6) is 3.16. The van der Waals surface area contributed by atoms with E-state index >= 15 is 0 Å². The van der Waals surface area contributed by atoms with E-state index in [-0.39, 0.29) is 23.5 Å². The van der Waals surface area contributed by atoms with Gasteiger partial charge in [0.1, 0.15) is 0 Å². The molecular formula is C20H35F5S. The van der Waals surface area contributed by atoms with E-state index in [1.54, 1.807) is 0 Å². The van der Waals surface area contributed by atoms with Crippen molar-refractivity contribution in [2.24, 2.45) is 17.8 Å². The van der Waals surface area contributed by atoms with Crippen LogP contribution < -0.4 is 0 Å². The molecule has 1 aromatic rings. The lowest BCUT2D eigenvalue weighted by Crippen LogP contribution is -2.26. The van der Waals surface area contributed by atoms with Gasteiger partial charge in [0.05, 0.1) is 0 Å². The second kappa shape index (κ2) is 15.3. The van der Waals surface area contributed by atoms with Gasteiger partial charge in [0.2, 0.25) is 0 Å². The summed E-state index contributed by atoms with van der Waals surface area (Å²) in [7, 11) is 0. The number of rotatable bonds is 4. The summed E-state index contributed by atoms with van der Waals surface area (Å²) in [4.78, 5) is 1.46. The molecule has 6 heteroatoms. The summed E-state index contributed by atoms with van der Waals surface area (Å²) in [5.41, 5.74) is 0. The van der Waals surface area contributed by atoms with Crippen LogP contribution in [-0.4, -0.2) is 5.25 Å². The SMILES string of the molecule is CCC1CCC(C2CCC(Sc3ccccc3)CC2)CC1.F.F.F.F.F. The Morgan fingerprint density at radius 2 is 1.15 bits per heavy atom. The molecule has 0 atom stereocenters. The highest BCUT2D eigenvalue weighted by Crippen LogP contribution is 2.43. The van der Waals surface area contributed by atoms with Crippen LogP contribution in [0, 0.1) is 17.8 Å². The van der Waals surface area contributed by atoms with Gasteiger partial charge in [-0.25, -0.2) is 0 Å². The zero-order valence-corrected chi connectivity index (χ0v) is 16.3. The van der Waals surface area contributed by atoms with E-state index < -0.39 is 0 Å².